The first kappa shape index (κ1) is 15.2. The maximum atomic E-state index is 14.3. The molecule has 1 heterocycles. The Bertz CT molecular complexity index is 607. The van der Waals surface area contributed by atoms with E-state index in [0.29, 0.717) is 12.2 Å². The minimum Gasteiger partial charge on any atom is -0.313 e. The molecule has 0 fully saturated rings. The summed E-state index contributed by atoms with van der Waals surface area (Å²) in [6, 6.07) is 5.29. The van der Waals surface area contributed by atoms with E-state index in [1.807, 2.05) is 19.9 Å². The van der Waals surface area contributed by atoms with E-state index in [1.54, 1.807) is 16.8 Å². The van der Waals surface area contributed by atoms with Gasteiger partial charge < -0.3 is 5.32 Å². The first-order valence-electron chi connectivity index (χ1n) is 6.75. The van der Waals surface area contributed by atoms with Gasteiger partial charge in [-0.1, -0.05) is 13.0 Å². The highest BCUT2D eigenvalue weighted by Crippen LogP contribution is 2.24. The summed E-state index contributed by atoms with van der Waals surface area (Å²) in [7, 11) is 0. The van der Waals surface area contributed by atoms with E-state index in [4.69, 9.17) is 0 Å². The molecule has 0 spiro atoms. The Balaban J connectivity index is 2.27. The monoisotopic (exact) mass is 339 g/mol. The highest BCUT2D eigenvalue weighted by atomic mass is 79.9. The van der Waals surface area contributed by atoms with Gasteiger partial charge in [-0.3, -0.25) is 0 Å². The first-order chi connectivity index (χ1) is 9.54. The van der Waals surface area contributed by atoms with Crippen molar-refractivity contribution >= 4 is 15.9 Å². The number of aryl methyl sites for hydroxylation is 1. The zero-order valence-electron chi connectivity index (χ0n) is 12.0. The maximum Gasteiger partial charge on any atom is 0.149 e. The summed E-state index contributed by atoms with van der Waals surface area (Å²) in [4.78, 5) is 0. The van der Waals surface area contributed by atoms with E-state index in [1.165, 1.54) is 0 Å². The van der Waals surface area contributed by atoms with Crippen LogP contribution >= 0.6 is 15.9 Å². The van der Waals surface area contributed by atoms with Gasteiger partial charge in [0, 0.05) is 6.54 Å². The average Bonchev–Trinajstić information content (AvgIpc) is 2.67. The molecule has 0 atom stereocenters. The molecule has 5 heteroatoms. The van der Waals surface area contributed by atoms with Gasteiger partial charge in [0.2, 0.25) is 0 Å². The third kappa shape index (κ3) is 3.10. The predicted molar refractivity (Wildman–Crippen MR) is 82.7 cm³/mol. The number of nitrogens with zero attached hydrogens (tertiary/aromatic N) is 2. The normalized spacial score (nSPS) is 11.1. The fraction of sp³-hybridized carbons (Fsp3) is 0.400. The van der Waals surface area contributed by atoms with Crippen LogP contribution in [-0.2, 0) is 6.54 Å². The van der Waals surface area contributed by atoms with Crippen molar-refractivity contribution in [2.75, 3.05) is 6.54 Å². The fourth-order valence-corrected chi connectivity index (χ4v) is 2.35. The number of benzene rings is 1. The Hall–Kier alpha value is -1.20. The standard InChI is InChI=1S/C15H19BrFN3/c1-4-7-18-9-12-5-6-14(13(17)8-12)20-11(3)15(16)10(2)19-20/h5-6,8,18H,4,7,9H2,1-3H3. The summed E-state index contributed by atoms with van der Waals surface area (Å²) in [5.74, 6) is -0.251. The number of hydrogen-bond acceptors (Lipinski definition) is 2. The number of aromatic nitrogens is 2. The molecule has 108 valence electrons. The van der Waals surface area contributed by atoms with Gasteiger partial charge in [-0.25, -0.2) is 9.07 Å². The number of nitrogens with one attached hydrogen (secondary N) is 1. The van der Waals surface area contributed by atoms with Crippen LogP contribution in [0.25, 0.3) is 5.69 Å². The zero-order valence-corrected chi connectivity index (χ0v) is 13.6. The number of rotatable bonds is 5. The SMILES string of the molecule is CCCNCc1ccc(-n2nc(C)c(Br)c2C)c(F)c1. The molecule has 0 saturated heterocycles. The molecule has 2 rings (SSSR count). The van der Waals surface area contributed by atoms with Gasteiger partial charge >= 0.3 is 0 Å². The molecule has 0 unspecified atom stereocenters. The van der Waals surface area contributed by atoms with Crippen molar-refractivity contribution in [3.8, 4) is 5.69 Å². The van der Waals surface area contributed by atoms with Crippen molar-refractivity contribution in [3.63, 3.8) is 0 Å². The van der Waals surface area contributed by atoms with Crippen LogP contribution in [0.15, 0.2) is 22.7 Å². The second kappa shape index (κ2) is 6.50. The Kier molecular flexibility index (Phi) is 4.94. The van der Waals surface area contributed by atoms with Crippen LogP contribution < -0.4 is 5.32 Å². The summed E-state index contributed by atoms with van der Waals surface area (Å²) in [5, 5.41) is 7.63. The van der Waals surface area contributed by atoms with Crippen LogP contribution in [0.2, 0.25) is 0 Å². The highest BCUT2D eigenvalue weighted by molar-refractivity contribution is 9.10. The van der Waals surface area contributed by atoms with Crippen molar-refractivity contribution in [2.45, 2.75) is 33.7 Å². The molecule has 3 nitrogen and oxygen atoms in total. The van der Waals surface area contributed by atoms with E-state index in [0.717, 1.165) is 34.4 Å². The lowest BCUT2D eigenvalue weighted by atomic mass is 10.2. The summed E-state index contributed by atoms with van der Waals surface area (Å²) in [5.41, 5.74) is 3.18. The Morgan fingerprint density at radius 3 is 2.65 bits per heavy atom. The highest BCUT2D eigenvalue weighted by Gasteiger charge is 2.13. The summed E-state index contributed by atoms with van der Waals surface area (Å²) < 4.78 is 16.8. The molecular weight excluding hydrogens is 321 g/mol. The van der Waals surface area contributed by atoms with Crippen LogP contribution in [-0.4, -0.2) is 16.3 Å². The molecule has 20 heavy (non-hydrogen) atoms. The molecule has 0 bridgehead atoms. The molecule has 1 aromatic carbocycles. The van der Waals surface area contributed by atoms with Crippen LogP contribution in [0, 0.1) is 19.7 Å². The van der Waals surface area contributed by atoms with Gasteiger partial charge in [0.05, 0.1) is 15.9 Å². The summed E-state index contributed by atoms with van der Waals surface area (Å²) >= 11 is 3.46. The van der Waals surface area contributed by atoms with E-state index < -0.39 is 0 Å². The van der Waals surface area contributed by atoms with Gasteiger partial charge in [-0.15, -0.1) is 0 Å². The third-order valence-corrected chi connectivity index (χ3v) is 4.35. The van der Waals surface area contributed by atoms with E-state index in [9.17, 15) is 4.39 Å². The van der Waals surface area contributed by atoms with Gasteiger partial charge in [-0.2, -0.15) is 5.10 Å². The lowest BCUT2D eigenvalue weighted by Gasteiger charge is -2.09. The van der Waals surface area contributed by atoms with Gasteiger partial charge in [-0.05, 0) is 60.4 Å². The topological polar surface area (TPSA) is 29.9 Å². The van der Waals surface area contributed by atoms with Crippen LogP contribution in [0.3, 0.4) is 0 Å². The summed E-state index contributed by atoms with van der Waals surface area (Å²) in [6.45, 7) is 7.55. The molecule has 0 amide bonds. The molecule has 1 N–H and O–H groups in total. The third-order valence-electron chi connectivity index (χ3n) is 3.20. The molecule has 0 aliphatic heterocycles. The molecular formula is C15H19BrFN3. The Morgan fingerprint density at radius 1 is 1.35 bits per heavy atom. The van der Waals surface area contributed by atoms with Crippen molar-refractivity contribution in [1.29, 1.82) is 0 Å². The van der Waals surface area contributed by atoms with Crippen LogP contribution in [0.1, 0.15) is 30.3 Å². The second-order valence-electron chi connectivity index (χ2n) is 4.86. The summed E-state index contributed by atoms with van der Waals surface area (Å²) in [6.07, 6.45) is 1.07. The largest absolute Gasteiger partial charge is 0.313 e. The minimum absolute atomic E-state index is 0.251. The second-order valence-corrected chi connectivity index (χ2v) is 5.65. The minimum atomic E-state index is -0.251. The van der Waals surface area contributed by atoms with Crippen molar-refractivity contribution < 1.29 is 4.39 Å². The first-order valence-corrected chi connectivity index (χ1v) is 7.55. The molecule has 0 aliphatic carbocycles. The Labute approximate surface area is 127 Å². The quantitative estimate of drug-likeness (QED) is 0.837. The van der Waals surface area contributed by atoms with Crippen LogP contribution in [0.4, 0.5) is 4.39 Å². The Morgan fingerprint density at radius 2 is 2.10 bits per heavy atom. The lowest BCUT2D eigenvalue weighted by molar-refractivity contribution is 0.601. The van der Waals surface area contributed by atoms with Crippen LogP contribution in [0.5, 0.6) is 0 Å². The van der Waals surface area contributed by atoms with Crippen molar-refractivity contribution in [3.05, 3.63) is 45.4 Å². The van der Waals surface area contributed by atoms with E-state index >= 15 is 0 Å². The van der Waals surface area contributed by atoms with Gasteiger partial charge in [0.15, 0.2) is 0 Å². The smallest absolute Gasteiger partial charge is 0.149 e. The molecule has 2 aromatic rings. The number of hydrogen-bond donors (Lipinski definition) is 1. The molecule has 0 radical (unpaired) electrons. The molecule has 1 aromatic heterocycles. The van der Waals surface area contributed by atoms with Gasteiger partial charge in [0.25, 0.3) is 0 Å². The van der Waals surface area contributed by atoms with E-state index in [-0.39, 0.29) is 5.82 Å². The average molecular weight is 340 g/mol. The van der Waals surface area contributed by atoms with Crippen molar-refractivity contribution in [1.82, 2.24) is 15.1 Å². The maximum absolute atomic E-state index is 14.3. The van der Waals surface area contributed by atoms with E-state index in [2.05, 4.69) is 33.3 Å². The molecule has 0 saturated carbocycles. The van der Waals surface area contributed by atoms with Gasteiger partial charge in [0.1, 0.15) is 11.5 Å². The lowest BCUT2D eigenvalue weighted by Crippen LogP contribution is -2.14. The van der Waals surface area contributed by atoms with Crippen molar-refractivity contribution in [2.24, 2.45) is 0 Å². The molecule has 0 aliphatic rings. The predicted octanol–water partition coefficient (Wildman–Crippen LogP) is 3.89. The fourth-order valence-electron chi connectivity index (χ4n) is 2.10. The number of halogens is 2. The zero-order chi connectivity index (χ0) is 14.7.